The van der Waals surface area contributed by atoms with Gasteiger partial charge < -0.3 is 15.2 Å². The second-order valence-corrected chi connectivity index (χ2v) is 3.96. The fourth-order valence-corrected chi connectivity index (χ4v) is 1.68. The van der Waals surface area contributed by atoms with Crippen molar-refractivity contribution in [2.45, 2.75) is 19.5 Å². The zero-order chi connectivity index (χ0) is 13.0. The molecule has 3 N–H and O–H groups in total. The summed E-state index contributed by atoms with van der Waals surface area (Å²) in [5.41, 5.74) is 0.786. The van der Waals surface area contributed by atoms with Gasteiger partial charge >= 0.3 is 0 Å². The molecular formula is C12H16N4O2. The largest absolute Gasteiger partial charge is 0.508 e. The van der Waals surface area contributed by atoms with E-state index in [-0.39, 0.29) is 11.8 Å². The van der Waals surface area contributed by atoms with Crippen LogP contribution in [0, 0.1) is 0 Å². The van der Waals surface area contributed by atoms with Crippen LogP contribution in [0.3, 0.4) is 0 Å². The molecule has 0 aliphatic carbocycles. The average Bonchev–Trinajstić information content (AvgIpc) is 2.89. The first kappa shape index (κ1) is 12.4. The van der Waals surface area contributed by atoms with E-state index in [9.17, 15) is 5.11 Å². The van der Waals surface area contributed by atoms with Crippen molar-refractivity contribution in [2.24, 2.45) is 0 Å². The zero-order valence-corrected chi connectivity index (χ0v) is 10.3. The predicted molar refractivity (Wildman–Crippen MR) is 66.3 cm³/mol. The molecular weight excluding hydrogens is 232 g/mol. The lowest BCUT2D eigenvalue weighted by atomic mass is 10.1. The number of nitrogens with zero attached hydrogens (tertiary/aromatic N) is 2. The second kappa shape index (κ2) is 5.50. The van der Waals surface area contributed by atoms with Crippen molar-refractivity contribution in [2.75, 3.05) is 7.11 Å². The predicted octanol–water partition coefficient (Wildman–Crippen LogP) is 1.37. The van der Waals surface area contributed by atoms with Gasteiger partial charge in [-0.15, -0.1) is 0 Å². The summed E-state index contributed by atoms with van der Waals surface area (Å²) in [6.45, 7) is 2.52. The van der Waals surface area contributed by atoms with Gasteiger partial charge in [0, 0.05) is 11.6 Å². The number of phenolic OH excluding ortho intramolecular Hbond substituents is 1. The van der Waals surface area contributed by atoms with Crippen LogP contribution in [0.1, 0.15) is 24.4 Å². The summed E-state index contributed by atoms with van der Waals surface area (Å²) in [5, 5.41) is 19.6. The third-order valence-electron chi connectivity index (χ3n) is 2.74. The van der Waals surface area contributed by atoms with Crippen molar-refractivity contribution in [1.82, 2.24) is 20.5 Å². The Morgan fingerprint density at radius 1 is 1.50 bits per heavy atom. The van der Waals surface area contributed by atoms with Gasteiger partial charge in [0.05, 0.1) is 13.7 Å². The maximum Gasteiger partial charge on any atom is 0.138 e. The Kier molecular flexibility index (Phi) is 3.78. The maximum atomic E-state index is 9.83. The van der Waals surface area contributed by atoms with Crippen LogP contribution < -0.4 is 10.1 Å². The van der Waals surface area contributed by atoms with Crippen LogP contribution in [0.2, 0.25) is 0 Å². The number of benzene rings is 1. The minimum absolute atomic E-state index is 0.0230. The Labute approximate surface area is 105 Å². The van der Waals surface area contributed by atoms with Crippen molar-refractivity contribution >= 4 is 0 Å². The SMILES string of the molecule is COc1ccc(O)c(C(C)NCc2ncn[nH]2)c1. The van der Waals surface area contributed by atoms with Crippen LogP contribution in [-0.2, 0) is 6.54 Å². The fourth-order valence-electron chi connectivity index (χ4n) is 1.68. The molecule has 1 atom stereocenters. The quantitative estimate of drug-likeness (QED) is 0.744. The number of hydrogen-bond acceptors (Lipinski definition) is 5. The summed E-state index contributed by atoms with van der Waals surface area (Å²) in [4.78, 5) is 4.02. The Hall–Kier alpha value is -2.08. The standard InChI is InChI=1S/C12H16N4O2/c1-8(13-6-12-14-7-15-16-12)10-5-9(18-2)3-4-11(10)17/h3-5,7-8,13,17H,6H2,1-2H3,(H,14,15,16). The molecule has 0 aliphatic rings. The van der Waals surface area contributed by atoms with Crippen molar-refractivity contribution in [3.8, 4) is 11.5 Å². The van der Waals surface area contributed by atoms with Gasteiger partial charge in [-0.3, -0.25) is 5.10 Å². The second-order valence-electron chi connectivity index (χ2n) is 3.96. The smallest absolute Gasteiger partial charge is 0.138 e. The molecule has 2 aromatic rings. The Morgan fingerprint density at radius 2 is 2.33 bits per heavy atom. The van der Waals surface area contributed by atoms with E-state index in [4.69, 9.17) is 4.74 Å². The molecule has 1 unspecified atom stereocenters. The van der Waals surface area contributed by atoms with Crippen LogP contribution in [0.4, 0.5) is 0 Å². The molecule has 0 saturated carbocycles. The summed E-state index contributed by atoms with van der Waals surface area (Å²) in [6.07, 6.45) is 1.46. The minimum atomic E-state index is -0.0230. The number of aromatic hydroxyl groups is 1. The summed E-state index contributed by atoms with van der Waals surface area (Å²) in [6, 6.07) is 5.14. The number of H-pyrrole nitrogens is 1. The van der Waals surface area contributed by atoms with Crippen LogP contribution >= 0.6 is 0 Å². The van der Waals surface area contributed by atoms with Gasteiger partial charge in [-0.1, -0.05) is 0 Å². The highest BCUT2D eigenvalue weighted by molar-refractivity contribution is 5.41. The molecule has 2 rings (SSSR count). The van der Waals surface area contributed by atoms with Crippen LogP contribution in [0.5, 0.6) is 11.5 Å². The number of nitrogens with one attached hydrogen (secondary N) is 2. The summed E-state index contributed by atoms with van der Waals surface area (Å²) < 4.78 is 5.14. The molecule has 0 radical (unpaired) electrons. The first-order valence-corrected chi connectivity index (χ1v) is 5.65. The minimum Gasteiger partial charge on any atom is -0.508 e. The molecule has 0 amide bonds. The molecule has 0 aliphatic heterocycles. The molecule has 6 nitrogen and oxygen atoms in total. The molecule has 1 heterocycles. The van der Waals surface area contributed by atoms with Crippen LogP contribution in [-0.4, -0.2) is 27.4 Å². The van der Waals surface area contributed by atoms with Gasteiger partial charge in [-0.2, -0.15) is 5.10 Å². The first-order valence-electron chi connectivity index (χ1n) is 5.65. The summed E-state index contributed by atoms with van der Waals surface area (Å²) in [5.74, 6) is 1.72. The highest BCUT2D eigenvalue weighted by atomic mass is 16.5. The molecule has 0 bridgehead atoms. The van der Waals surface area contributed by atoms with Crippen molar-refractivity contribution < 1.29 is 9.84 Å². The summed E-state index contributed by atoms with van der Waals surface area (Å²) >= 11 is 0. The van der Waals surface area contributed by atoms with E-state index in [1.165, 1.54) is 6.33 Å². The number of hydrogen-bond donors (Lipinski definition) is 3. The lowest BCUT2D eigenvalue weighted by Gasteiger charge is -2.15. The number of ether oxygens (including phenoxy) is 1. The summed E-state index contributed by atoms with van der Waals surface area (Å²) in [7, 11) is 1.60. The van der Waals surface area contributed by atoms with Crippen molar-refractivity contribution in [3.63, 3.8) is 0 Å². The Balaban J connectivity index is 2.05. The number of methoxy groups -OCH3 is 1. The number of rotatable bonds is 5. The molecule has 96 valence electrons. The molecule has 1 aromatic heterocycles. The molecule has 0 spiro atoms. The molecule has 6 heteroatoms. The first-order chi connectivity index (χ1) is 8.70. The lowest BCUT2D eigenvalue weighted by Crippen LogP contribution is -2.19. The van der Waals surface area contributed by atoms with Gasteiger partial charge in [-0.25, -0.2) is 4.98 Å². The molecule has 0 saturated heterocycles. The third-order valence-corrected chi connectivity index (χ3v) is 2.74. The van der Waals surface area contributed by atoms with E-state index in [1.807, 2.05) is 13.0 Å². The molecule has 1 aromatic carbocycles. The molecule has 0 fully saturated rings. The normalized spacial score (nSPS) is 12.3. The van der Waals surface area contributed by atoms with Gasteiger partial charge in [0.15, 0.2) is 0 Å². The highest BCUT2D eigenvalue weighted by Gasteiger charge is 2.11. The van der Waals surface area contributed by atoms with Gasteiger partial charge in [0.1, 0.15) is 23.7 Å². The van der Waals surface area contributed by atoms with E-state index >= 15 is 0 Å². The lowest BCUT2D eigenvalue weighted by molar-refractivity contribution is 0.407. The highest BCUT2D eigenvalue weighted by Crippen LogP contribution is 2.28. The number of aromatic nitrogens is 3. The van der Waals surface area contributed by atoms with Gasteiger partial charge in [0.2, 0.25) is 0 Å². The monoisotopic (exact) mass is 248 g/mol. The molecule has 18 heavy (non-hydrogen) atoms. The third kappa shape index (κ3) is 2.78. The fraction of sp³-hybridized carbons (Fsp3) is 0.333. The number of aromatic amines is 1. The maximum absolute atomic E-state index is 9.83. The van der Waals surface area contributed by atoms with Gasteiger partial charge in [-0.05, 0) is 25.1 Å². The topological polar surface area (TPSA) is 83.1 Å². The van der Waals surface area contributed by atoms with E-state index in [0.29, 0.717) is 6.54 Å². The van der Waals surface area contributed by atoms with E-state index in [2.05, 4.69) is 20.5 Å². The Morgan fingerprint density at radius 3 is 3.00 bits per heavy atom. The van der Waals surface area contributed by atoms with E-state index in [0.717, 1.165) is 17.1 Å². The van der Waals surface area contributed by atoms with E-state index < -0.39 is 0 Å². The zero-order valence-electron chi connectivity index (χ0n) is 10.3. The van der Waals surface area contributed by atoms with Crippen molar-refractivity contribution in [1.29, 1.82) is 0 Å². The number of phenols is 1. The van der Waals surface area contributed by atoms with Gasteiger partial charge in [0.25, 0.3) is 0 Å². The van der Waals surface area contributed by atoms with Crippen LogP contribution in [0.25, 0.3) is 0 Å². The van der Waals surface area contributed by atoms with Crippen molar-refractivity contribution in [3.05, 3.63) is 35.9 Å². The Bertz CT molecular complexity index is 499. The van der Waals surface area contributed by atoms with Crippen LogP contribution in [0.15, 0.2) is 24.5 Å². The van der Waals surface area contributed by atoms with E-state index in [1.54, 1.807) is 19.2 Å². The average molecular weight is 248 g/mol.